The number of nitrogens with zero attached hydrogens (tertiary/aromatic N) is 1. The van der Waals surface area contributed by atoms with Crippen LogP contribution in [0.1, 0.15) is 19.4 Å². The molecule has 16 heavy (non-hydrogen) atoms. The number of hydrogen-bond donors (Lipinski definition) is 2. The molecule has 0 saturated heterocycles. The van der Waals surface area contributed by atoms with Crippen LogP contribution in [0.15, 0.2) is 24.3 Å². The number of aliphatic hydroxyl groups is 2. The van der Waals surface area contributed by atoms with Crippen molar-refractivity contribution in [2.45, 2.75) is 20.8 Å². The molecule has 3 heteroatoms. The summed E-state index contributed by atoms with van der Waals surface area (Å²) in [5.41, 5.74) is 2.23. The zero-order chi connectivity index (χ0) is 12.4. The normalized spacial score (nSPS) is 9.31. The summed E-state index contributed by atoms with van der Waals surface area (Å²) in [5, 5.41) is 17.7. The van der Waals surface area contributed by atoms with E-state index in [-0.39, 0.29) is 13.2 Å². The summed E-state index contributed by atoms with van der Waals surface area (Å²) >= 11 is 0. The van der Waals surface area contributed by atoms with Crippen LogP contribution in [0.25, 0.3) is 0 Å². The molecule has 1 rings (SSSR count). The Morgan fingerprint density at radius 1 is 1.06 bits per heavy atom. The second kappa shape index (κ2) is 9.19. The molecule has 92 valence electrons. The first-order valence-electron chi connectivity index (χ1n) is 5.81. The molecule has 1 aromatic rings. The smallest absolute Gasteiger partial charge is 0.0606 e. The van der Waals surface area contributed by atoms with Crippen molar-refractivity contribution in [3.8, 4) is 0 Å². The van der Waals surface area contributed by atoms with Gasteiger partial charge in [0.15, 0.2) is 0 Å². The molecule has 0 amide bonds. The van der Waals surface area contributed by atoms with Crippen molar-refractivity contribution in [1.29, 1.82) is 0 Å². The van der Waals surface area contributed by atoms with E-state index in [4.69, 9.17) is 10.2 Å². The molecule has 0 bridgehead atoms. The van der Waals surface area contributed by atoms with Crippen LogP contribution in [0.3, 0.4) is 0 Å². The fraction of sp³-hybridized carbons (Fsp3) is 0.538. The fourth-order valence-electron chi connectivity index (χ4n) is 1.44. The van der Waals surface area contributed by atoms with Gasteiger partial charge in [-0.1, -0.05) is 26.0 Å². The lowest BCUT2D eigenvalue weighted by Gasteiger charge is -2.23. The predicted molar refractivity (Wildman–Crippen MR) is 68.9 cm³/mol. The van der Waals surface area contributed by atoms with Crippen molar-refractivity contribution in [1.82, 2.24) is 0 Å². The molecule has 0 unspecified atom stereocenters. The summed E-state index contributed by atoms with van der Waals surface area (Å²) in [4.78, 5) is 1.97. The SMILES string of the molecule is CC.Cc1cccc(N(CCO)CCO)c1. The van der Waals surface area contributed by atoms with E-state index in [2.05, 4.69) is 0 Å². The van der Waals surface area contributed by atoms with Gasteiger partial charge in [-0.25, -0.2) is 0 Å². The first-order chi connectivity index (χ1) is 7.77. The van der Waals surface area contributed by atoms with Gasteiger partial charge in [0.2, 0.25) is 0 Å². The molecule has 0 atom stereocenters. The second-order valence-corrected chi connectivity index (χ2v) is 3.27. The van der Waals surface area contributed by atoms with Gasteiger partial charge in [0.1, 0.15) is 0 Å². The molecule has 0 aromatic heterocycles. The van der Waals surface area contributed by atoms with E-state index >= 15 is 0 Å². The highest BCUT2D eigenvalue weighted by Crippen LogP contribution is 2.14. The molecular formula is C13H23NO2. The highest BCUT2D eigenvalue weighted by molar-refractivity contribution is 5.48. The molecule has 3 nitrogen and oxygen atoms in total. The summed E-state index contributed by atoms with van der Waals surface area (Å²) in [6.45, 7) is 7.36. The standard InChI is InChI=1S/C11H17NO2.C2H6/c1-10-3-2-4-11(9-10)12(5-7-13)6-8-14;1-2/h2-4,9,13-14H,5-8H2,1H3;1-2H3. The van der Waals surface area contributed by atoms with E-state index in [0.29, 0.717) is 13.1 Å². The van der Waals surface area contributed by atoms with E-state index in [9.17, 15) is 0 Å². The van der Waals surface area contributed by atoms with Crippen LogP contribution in [-0.2, 0) is 0 Å². The molecule has 0 spiro atoms. The maximum absolute atomic E-state index is 8.87. The highest BCUT2D eigenvalue weighted by atomic mass is 16.3. The van der Waals surface area contributed by atoms with Gasteiger partial charge in [-0.2, -0.15) is 0 Å². The van der Waals surface area contributed by atoms with E-state index in [1.54, 1.807) is 0 Å². The quantitative estimate of drug-likeness (QED) is 0.803. The van der Waals surface area contributed by atoms with Gasteiger partial charge in [0.25, 0.3) is 0 Å². The number of hydrogen-bond acceptors (Lipinski definition) is 3. The Balaban J connectivity index is 0.00000106. The van der Waals surface area contributed by atoms with Gasteiger partial charge in [0.05, 0.1) is 13.2 Å². The Kier molecular flexibility index (Phi) is 8.58. The molecule has 0 aliphatic rings. The van der Waals surface area contributed by atoms with Crippen LogP contribution in [0, 0.1) is 6.92 Å². The number of rotatable bonds is 5. The van der Waals surface area contributed by atoms with Crippen molar-refractivity contribution in [3.63, 3.8) is 0 Å². The third-order valence-corrected chi connectivity index (χ3v) is 2.11. The lowest BCUT2D eigenvalue weighted by atomic mass is 10.2. The van der Waals surface area contributed by atoms with E-state index in [0.717, 1.165) is 5.69 Å². The average molecular weight is 225 g/mol. The van der Waals surface area contributed by atoms with Gasteiger partial charge in [-0.3, -0.25) is 0 Å². The number of benzene rings is 1. The Bertz CT molecular complexity index is 270. The van der Waals surface area contributed by atoms with Crippen LogP contribution in [-0.4, -0.2) is 36.5 Å². The molecule has 0 heterocycles. The Hall–Kier alpha value is -1.06. The maximum atomic E-state index is 8.87. The largest absolute Gasteiger partial charge is 0.395 e. The van der Waals surface area contributed by atoms with Crippen LogP contribution in [0.2, 0.25) is 0 Å². The second-order valence-electron chi connectivity index (χ2n) is 3.27. The zero-order valence-corrected chi connectivity index (χ0v) is 10.5. The molecular weight excluding hydrogens is 202 g/mol. The predicted octanol–water partition coefficient (Wildman–Crippen LogP) is 1.81. The van der Waals surface area contributed by atoms with Crippen molar-refractivity contribution in [2.24, 2.45) is 0 Å². The first kappa shape index (κ1) is 14.9. The molecule has 1 aromatic carbocycles. The van der Waals surface area contributed by atoms with Crippen molar-refractivity contribution in [3.05, 3.63) is 29.8 Å². The first-order valence-corrected chi connectivity index (χ1v) is 5.81. The van der Waals surface area contributed by atoms with Crippen molar-refractivity contribution in [2.75, 3.05) is 31.2 Å². The van der Waals surface area contributed by atoms with Gasteiger partial charge in [0, 0.05) is 18.8 Å². The van der Waals surface area contributed by atoms with Crippen LogP contribution >= 0.6 is 0 Å². The summed E-state index contributed by atoms with van der Waals surface area (Å²) in [6, 6.07) is 8.04. The average Bonchev–Trinajstić information content (AvgIpc) is 2.31. The van der Waals surface area contributed by atoms with Crippen molar-refractivity contribution >= 4 is 5.69 Å². The fourth-order valence-corrected chi connectivity index (χ4v) is 1.44. The van der Waals surface area contributed by atoms with Gasteiger partial charge in [-0.15, -0.1) is 0 Å². The third-order valence-electron chi connectivity index (χ3n) is 2.11. The molecule has 0 aliphatic heterocycles. The van der Waals surface area contributed by atoms with Gasteiger partial charge < -0.3 is 15.1 Å². The Labute approximate surface area is 98.3 Å². The summed E-state index contributed by atoms with van der Waals surface area (Å²) in [7, 11) is 0. The number of aryl methyl sites for hydroxylation is 1. The van der Waals surface area contributed by atoms with E-state index in [1.807, 2.05) is 49.9 Å². The monoisotopic (exact) mass is 225 g/mol. The molecule has 0 saturated carbocycles. The van der Waals surface area contributed by atoms with Gasteiger partial charge >= 0.3 is 0 Å². The zero-order valence-electron chi connectivity index (χ0n) is 10.5. The minimum atomic E-state index is 0.105. The maximum Gasteiger partial charge on any atom is 0.0606 e. The van der Waals surface area contributed by atoms with E-state index < -0.39 is 0 Å². The lowest BCUT2D eigenvalue weighted by Crippen LogP contribution is -2.29. The highest BCUT2D eigenvalue weighted by Gasteiger charge is 2.04. The Morgan fingerprint density at radius 2 is 1.62 bits per heavy atom. The summed E-state index contributed by atoms with van der Waals surface area (Å²) < 4.78 is 0. The molecule has 0 radical (unpaired) electrons. The van der Waals surface area contributed by atoms with Crippen LogP contribution in [0.4, 0.5) is 5.69 Å². The number of aliphatic hydroxyl groups excluding tert-OH is 2. The van der Waals surface area contributed by atoms with Crippen molar-refractivity contribution < 1.29 is 10.2 Å². The molecule has 0 fully saturated rings. The summed E-state index contributed by atoms with van der Waals surface area (Å²) in [6.07, 6.45) is 0. The summed E-state index contributed by atoms with van der Waals surface area (Å²) in [5.74, 6) is 0. The van der Waals surface area contributed by atoms with Crippen LogP contribution < -0.4 is 4.90 Å². The number of anilines is 1. The third kappa shape index (κ3) is 5.14. The minimum Gasteiger partial charge on any atom is -0.395 e. The lowest BCUT2D eigenvalue weighted by molar-refractivity contribution is 0.281. The topological polar surface area (TPSA) is 43.7 Å². The Morgan fingerprint density at radius 3 is 2.06 bits per heavy atom. The van der Waals surface area contributed by atoms with E-state index in [1.165, 1.54) is 5.56 Å². The van der Waals surface area contributed by atoms with Gasteiger partial charge in [-0.05, 0) is 24.6 Å². The minimum absolute atomic E-state index is 0.105. The van der Waals surface area contributed by atoms with Crippen LogP contribution in [0.5, 0.6) is 0 Å². The molecule has 0 aliphatic carbocycles. The molecule has 2 N–H and O–H groups in total.